The second-order valence-corrected chi connectivity index (χ2v) is 4.71. The zero-order valence-corrected chi connectivity index (χ0v) is 11.3. The van der Waals surface area contributed by atoms with Crippen LogP contribution in [-0.4, -0.2) is 30.2 Å². The minimum atomic E-state index is -0.894. The van der Waals surface area contributed by atoms with Gasteiger partial charge in [-0.15, -0.1) is 0 Å². The van der Waals surface area contributed by atoms with E-state index in [0.29, 0.717) is 6.54 Å². The SMILES string of the molecule is Cc1cc(C)c(CCNC(CN)C(=O)O)c(C)c1. The van der Waals surface area contributed by atoms with E-state index < -0.39 is 12.0 Å². The first kappa shape index (κ1) is 14.7. The van der Waals surface area contributed by atoms with Crippen molar-refractivity contribution in [2.24, 2.45) is 5.73 Å². The lowest BCUT2D eigenvalue weighted by atomic mass is 9.97. The van der Waals surface area contributed by atoms with Crippen molar-refractivity contribution in [3.63, 3.8) is 0 Å². The number of hydrogen-bond acceptors (Lipinski definition) is 3. The van der Waals surface area contributed by atoms with E-state index in [1.54, 1.807) is 0 Å². The van der Waals surface area contributed by atoms with Crippen LogP contribution in [0.15, 0.2) is 12.1 Å². The molecule has 0 saturated carbocycles. The van der Waals surface area contributed by atoms with Crippen molar-refractivity contribution in [2.45, 2.75) is 33.2 Å². The van der Waals surface area contributed by atoms with Crippen LogP contribution in [0.3, 0.4) is 0 Å². The van der Waals surface area contributed by atoms with Gasteiger partial charge >= 0.3 is 5.97 Å². The molecule has 1 atom stereocenters. The van der Waals surface area contributed by atoms with Gasteiger partial charge in [-0.3, -0.25) is 4.79 Å². The predicted octanol–water partition coefficient (Wildman–Crippen LogP) is 1.16. The first-order chi connectivity index (χ1) is 8.45. The van der Waals surface area contributed by atoms with Gasteiger partial charge in [0.1, 0.15) is 6.04 Å². The second-order valence-electron chi connectivity index (χ2n) is 4.71. The van der Waals surface area contributed by atoms with Crippen molar-refractivity contribution >= 4 is 5.97 Å². The van der Waals surface area contributed by atoms with Crippen LogP contribution < -0.4 is 11.1 Å². The third-order valence-corrected chi connectivity index (χ3v) is 3.14. The number of carboxylic acids is 1. The van der Waals surface area contributed by atoms with Crippen molar-refractivity contribution < 1.29 is 9.90 Å². The molecular weight excluding hydrogens is 228 g/mol. The number of carbonyl (C=O) groups is 1. The Morgan fingerprint density at radius 2 is 1.89 bits per heavy atom. The third-order valence-electron chi connectivity index (χ3n) is 3.14. The molecule has 1 rings (SSSR count). The van der Waals surface area contributed by atoms with Crippen molar-refractivity contribution in [3.8, 4) is 0 Å². The van der Waals surface area contributed by atoms with Gasteiger partial charge in [0.15, 0.2) is 0 Å². The van der Waals surface area contributed by atoms with E-state index in [1.165, 1.54) is 22.3 Å². The van der Waals surface area contributed by atoms with Crippen LogP contribution in [0.5, 0.6) is 0 Å². The average molecular weight is 250 g/mol. The summed E-state index contributed by atoms with van der Waals surface area (Å²) < 4.78 is 0. The second kappa shape index (κ2) is 6.52. The molecule has 0 spiro atoms. The Kier molecular flexibility index (Phi) is 5.31. The minimum Gasteiger partial charge on any atom is -0.480 e. The Morgan fingerprint density at radius 3 is 2.33 bits per heavy atom. The highest BCUT2D eigenvalue weighted by Gasteiger charge is 2.14. The lowest BCUT2D eigenvalue weighted by molar-refractivity contribution is -0.139. The molecule has 1 aromatic carbocycles. The number of hydrogen-bond donors (Lipinski definition) is 3. The van der Waals surface area contributed by atoms with Gasteiger partial charge in [-0.2, -0.15) is 0 Å². The van der Waals surface area contributed by atoms with E-state index in [2.05, 4.69) is 38.2 Å². The average Bonchev–Trinajstić information content (AvgIpc) is 2.26. The number of nitrogens with one attached hydrogen (secondary N) is 1. The Balaban J connectivity index is 2.62. The van der Waals surface area contributed by atoms with E-state index in [-0.39, 0.29) is 6.54 Å². The van der Waals surface area contributed by atoms with E-state index in [0.717, 1.165) is 6.42 Å². The quantitative estimate of drug-likeness (QED) is 0.708. The van der Waals surface area contributed by atoms with Crippen LogP contribution >= 0.6 is 0 Å². The number of aryl methyl sites for hydroxylation is 3. The zero-order valence-electron chi connectivity index (χ0n) is 11.3. The summed E-state index contributed by atoms with van der Waals surface area (Å²) in [5.74, 6) is -0.894. The molecule has 0 fully saturated rings. The van der Waals surface area contributed by atoms with Gasteiger partial charge in [0.05, 0.1) is 0 Å². The molecule has 1 unspecified atom stereocenters. The maximum Gasteiger partial charge on any atom is 0.322 e. The maximum absolute atomic E-state index is 10.8. The summed E-state index contributed by atoms with van der Waals surface area (Å²) in [4.78, 5) is 10.8. The number of rotatable bonds is 6. The van der Waals surface area contributed by atoms with E-state index in [9.17, 15) is 4.79 Å². The summed E-state index contributed by atoms with van der Waals surface area (Å²) in [7, 11) is 0. The number of benzene rings is 1. The number of aliphatic carboxylic acids is 1. The summed E-state index contributed by atoms with van der Waals surface area (Å²) in [6, 6.07) is 3.65. The summed E-state index contributed by atoms with van der Waals surface area (Å²) in [6.45, 7) is 7.00. The molecule has 0 aliphatic rings. The largest absolute Gasteiger partial charge is 0.480 e. The van der Waals surface area contributed by atoms with Crippen molar-refractivity contribution in [3.05, 3.63) is 34.4 Å². The lowest BCUT2D eigenvalue weighted by Crippen LogP contribution is -2.43. The molecule has 18 heavy (non-hydrogen) atoms. The van der Waals surface area contributed by atoms with Crippen LogP contribution in [0.2, 0.25) is 0 Å². The highest BCUT2D eigenvalue weighted by molar-refractivity contribution is 5.73. The summed E-state index contributed by atoms with van der Waals surface area (Å²) in [5, 5.41) is 11.8. The Bertz CT molecular complexity index is 407. The van der Waals surface area contributed by atoms with Crippen LogP contribution in [0, 0.1) is 20.8 Å². The molecule has 4 N–H and O–H groups in total. The molecule has 0 bridgehead atoms. The molecule has 4 nitrogen and oxygen atoms in total. The molecule has 0 saturated heterocycles. The fourth-order valence-corrected chi connectivity index (χ4v) is 2.25. The third kappa shape index (κ3) is 3.82. The van der Waals surface area contributed by atoms with E-state index in [4.69, 9.17) is 10.8 Å². The fourth-order valence-electron chi connectivity index (χ4n) is 2.25. The molecule has 0 aliphatic heterocycles. The monoisotopic (exact) mass is 250 g/mol. The van der Waals surface area contributed by atoms with Gasteiger partial charge in [-0.25, -0.2) is 0 Å². The number of nitrogens with two attached hydrogens (primary N) is 1. The van der Waals surface area contributed by atoms with Gasteiger partial charge < -0.3 is 16.2 Å². The minimum absolute atomic E-state index is 0.112. The predicted molar refractivity (Wildman–Crippen MR) is 72.8 cm³/mol. The Labute approximate surface area is 108 Å². The molecule has 0 aromatic heterocycles. The topological polar surface area (TPSA) is 75.3 Å². The van der Waals surface area contributed by atoms with Gasteiger partial charge in [0, 0.05) is 13.1 Å². The lowest BCUT2D eigenvalue weighted by Gasteiger charge is -2.15. The molecule has 1 aromatic rings. The molecule has 0 radical (unpaired) electrons. The maximum atomic E-state index is 10.8. The van der Waals surface area contributed by atoms with Crippen molar-refractivity contribution in [1.29, 1.82) is 0 Å². The zero-order chi connectivity index (χ0) is 13.7. The summed E-state index contributed by atoms with van der Waals surface area (Å²) in [5.41, 5.74) is 10.4. The van der Waals surface area contributed by atoms with Gasteiger partial charge in [0.25, 0.3) is 0 Å². The van der Waals surface area contributed by atoms with E-state index in [1.807, 2.05) is 0 Å². The molecule has 0 amide bonds. The number of carboxylic acid groups (broad SMARTS) is 1. The standard InChI is InChI=1S/C14H22N2O2/c1-9-6-10(2)12(11(3)7-9)4-5-16-13(8-15)14(17)18/h6-7,13,16H,4-5,8,15H2,1-3H3,(H,17,18). The van der Waals surface area contributed by atoms with Crippen molar-refractivity contribution in [2.75, 3.05) is 13.1 Å². The van der Waals surface area contributed by atoms with Crippen LogP contribution in [0.1, 0.15) is 22.3 Å². The highest BCUT2D eigenvalue weighted by atomic mass is 16.4. The summed E-state index contributed by atoms with van der Waals surface area (Å²) >= 11 is 0. The van der Waals surface area contributed by atoms with Crippen LogP contribution in [0.25, 0.3) is 0 Å². The smallest absolute Gasteiger partial charge is 0.322 e. The normalized spacial score (nSPS) is 12.4. The molecule has 0 aliphatic carbocycles. The van der Waals surface area contributed by atoms with Gasteiger partial charge in [-0.1, -0.05) is 17.7 Å². The fraction of sp³-hybridized carbons (Fsp3) is 0.500. The Morgan fingerprint density at radius 1 is 1.33 bits per heavy atom. The van der Waals surface area contributed by atoms with Gasteiger partial charge in [-0.05, 0) is 43.9 Å². The first-order valence-electron chi connectivity index (χ1n) is 6.18. The molecule has 100 valence electrons. The summed E-state index contributed by atoms with van der Waals surface area (Å²) in [6.07, 6.45) is 0.821. The van der Waals surface area contributed by atoms with Gasteiger partial charge in [0.2, 0.25) is 0 Å². The van der Waals surface area contributed by atoms with E-state index >= 15 is 0 Å². The van der Waals surface area contributed by atoms with Crippen molar-refractivity contribution in [1.82, 2.24) is 5.32 Å². The van der Waals surface area contributed by atoms with Crippen LogP contribution in [-0.2, 0) is 11.2 Å². The first-order valence-corrected chi connectivity index (χ1v) is 6.18. The van der Waals surface area contributed by atoms with Crippen LogP contribution in [0.4, 0.5) is 0 Å². The molecule has 4 heteroatoms. The molecule has 0 heterocycles. The highest BCUT2D eigenvalue weighted by Crippen LogP contribution is 2.16. The molecular formula is C14H22N2O2. The Hall–Kier alpha value is -1.39.